The molecule has 5 heteroatoms. The lowest BCUT2D eigenvalue weighted by Crippen LogP contribution is -2.35. The molecular weight excluding hydrogens is 288 g/mol. The minimum Gasteiger partial charge on any atom is -0.375 e. The second kappa shape index (κ2) is 6.42. The first-order valence-electron chi connectivity index (χ1n) is 8.55. The Morgan fingerprint density at radius 3 is 2.83 bits per heavy atom. The number of hydrogen-bond acceptors (Lipinski definition) is 4. The minimum absolute atomic E-state index is 0.218. The van der Waals surface area contributed by atoms with Crippen molar-refractivity contribution in [1.29, 1.82) is 0 Å². The van der Waals surface area contributed by atoms with Crippen LogP contribution in [0.2, 0.25) is 0 Å². The normalized spacial score (nSPS) is 21.3. The molecular formula is C18H24N4O. The van der Waals surface area contributed by atoms with Crippen LogP contribution in [0.5, 0.6) is 0 Å². The van der Waals surface area contributed by atoms with E-state index in [1.807, 2.05) is 18.2 Å². The summed E-state index contributed by atoms with van der Waals surface area (Å²) in [6, 6.07) is 10.5. The minimum atomic E-state index is 0.218. The highest BCUT2D eigenvalue weighted by molar-refractivity contribution is 5.19. The average Bonchev–Trinajstić information content (AvgIpc) is 3.30. The van der Waals surface area contributed by atoms with E-state index in [9.17, 15) is 0 Å². The predicted octanol–water partition coefficient (Wildman–Crippen LogP) is 2.43. The van der Waals surface area contributed by atoms with E-state index >= 15 is 0 Å². The Hall–Kier alpha value is -1.72. The number of aromatic nitrogens is 3. The van der Waals surface area contributed by atoms with E-state index in [1.54, 1.807) is 0 Å². The number of benzene rings is 1. The molecule has 1 aromatic heterocycles. The molecule has 1 aliphatic heterocycles. The fourth-order valence-corrected chi connectivity index (χ4v) is 3.27. The lowest BCUT2D eigenvalue weighted by atomic mass is 10.0. The van der Waals surface area contributed by atoms with E-state index in [2.05, 4.69) is 39.1 Å². The molecule has 4 rings (SSSR count). The van der Waals surface area contributed by atoms with Gasteiger partial charge in [-0.05, 0) is 31.4 Å². The summed E-state index contributed by atoms with van der Waals surface area (Å²) < 4.78 is 8.11. The monoisotopic (exact) mass is 312 g/mol. The molecule has 1 aromatic carbocycles. The number of likely N-dealkylation sites (N-methyl/N-ethyl adjacent to an activating group) is 1. The molecule has 1 saturated carbocycles. The summed E-state index contributed by atoms with van der Waals surface area (Å²) in [5.41, 5.74) is 3.65. The van der Waals surface area contributed by atoms with Crippen LogP contribution in [0.25, 0.3) is 0 Å². The molecule has 1 fully saturated rings. The van der Waals surface area contributed by atoms with E-state index in [0.29, 0.717) is 13.2 Å². The van der Waals surface area contributed by atoms with E-state index in [0.717, 1.165) is 31.1 Å². The first kappa shape index (κ1) is 14.8. The molecule has 0 amide bonds. The van der Waals surface area contributed by atoms with Gasteiger partial charge in [0.05, 0.1) is 24.9 Å². The van der Waals surface area contributed by atoms with Gasteiger partial charge in [0.1, 0.15) is 5.69 Å². The summed E-state index contributed by atoms with van der Waals surface area (Å²) in [6.45, 7) is 3.41. The molecule has 2 heterocycles. The third kappa shape index (κ3) is 3.31. The zero-order valence-corrected chi connectivity index (χ0v) is 13.7. The summed E-state index contributed by atoms with van der Waals surface area (Å²) >= 11 is 0. The second-order valence-electron chi connectivity index (χ2n) is 6.79. The molecule has 0 saturated heterocycles. The lowest BCUT2D eigenvalue weighted by molar-refractivity contribution is 0.0536. The third-order valence-corrected chi connectivity index (χ3v) is 4.93. The van der Waals surface area contributed by atoms with Gasteiger partial charge in [0.25, 0.3) is 0 Å². The van der Waals surface area contributed by atoms with Gasteiger partial charge in [-0.1, -0.05) is 35.5 Å². The van der Waals surface area contributed by atoms with Crippen LogP contribution in [-0.2, 0) is 24.3 Å². The summed E-state index contributed by atoms with van der Waals surface area (Å²) in [6.07, 6.45) is 3.73. The van der Waals surface area contributed by atoms with E-state index in [1.165, 1.54) is 24.1 Å². The fourth-order valence-electron chi connectivity index (χ4n) is 3.27. The number of rotatable bonds is 6. The van der Waals surface area contributed by atoms with Crippen LogP contribution in [0.3, 0.4) is 0 Å². The average molecular weight is 312 g/mol. The molecule has 0 N–H and O–H groups in total. The predicted molar refractivity (Wildman–Crippen MR) is 87.9 cm³/mol. The van der Waals surface area contributed by atoms with Crippen molar-refractivity contribution in [3.63, 3.8) is 0 Å². The first-order chi connectivity index (χ1) is 11.3. The van der Waals surface area contributed by atoms with Crippen LogP contribution in [-0.4, -0.2) is 40.1 Å². The zero-order valence-electron chi connectivity index (χ0n) is 13.7. The van der Waals surface area contributed by atoms with Gasteiger partial charge in [-0.2, -0.15) is 0 Å². The van der Waals surface area contributed by atoms with Gasteiger partial charge in [-0.15, -0.1) is 5.10 Å². The van der Waals surface area contributed by atoms with Gasteiger partial charge < -0.3 is 4.74 Å². The smallest absolute Gasteiger partial charge is 0.105 e. The number of hydrogen-bond donors (Lipinski definition) is 0. The molecule has 1 aliphatic carbocycles. The molecule has 2 aliphatic rings. The van der Waals surface area contributed by atoms with Gasteiger partial charge in [-0.3, -0.25) is 4.90 Å². The molecule has 122 valence electrons. The van der Waals surface area contributed by atoms with Crippen molar-refractivity contribution in [3.8, 4) is 0 Å². The van der Waals surface area contributed by atoms with Crippen molar-refractivity contribution in [2.75, 3.05) is 20.2 Å². The first-order valence-corrected chi connectivity index (χ1v) is 8.55. The number of nitrogens with zero attached hydrogens (tertiary/aromatic N) is 4. The van der Waals surface area contributed by atoms with Crippen LogP contribution < -0.4 is 0 Å². The maximum absolute atomic E-state index is 5.97. The van der Waals surface area contributed by atoms with Crippen LogP contribution in [0.1, 0.15) is 35.8 Å². The van der Waals surface area contributed by atoms with E-state index < -0.39 is 0 Å². The van der Waals surface area contributed by atoms with Gasteiger partial charge in [0.2, 0.25) is 0 Å². The maximum Gasteiger partial charge on any atom is 0.105 e. The summed E-state index contributed by atoms with van der Waals surface area (Å²) in [5.74, 6) is 0.827. The van der Waals surface area contributed by atoms with Gasteiger partial charge in [0, 0.05) is 19.5 Å². The van der Waals surface area contributed by atoms with Crippen molar-refractivity contribution < 1.29 is 4.74 Å². The number of fused-ring (bicyclic) bond motifs is 1. The Morgan fingerprint density at radius 2 is 2.04 bits per heavy atom. The maximum atomic E-state index is 5.97. The molecule has 2 aromatic rings. The molecule has 0 radical (unpaired) electrons. The van der Waals surface area contributed by atoms with Crippen molar-refractivity contribution >= 4 is 0 Å². The van der Waals surface area contributed by atoms with Crippen molar-refractivity contribution in [2.45, 2.75) is 38.5 Å². The Balaban J connectivity index is 1.42. The summed E-state index contributed by atoms with van der Waals surface area (Å²) in [4.78, 5) is 2.34. The highest BCUT2D eigenvalue weighted by atomic mass is 16.5. The molecule has 5 nitrogen and oxygen atoms in total. The van der Waals surface area contributed by atoms with Crippen LogP contribution in [0.15, 0.2) is 30.3 Å². The van der Waals surface area contributed by atoms with Crippen molar-refractivity contribution in [1.82, 2.24) is 19.9 Å². The number of ether oxygens (including phenoxy) is 1. The van der Waals surface area contributed by atoms with Gasteiger partial charge in [-0.25, -0.2) is 4.68 Å². The van der Waals surface area contributed by atoms with Crippen molar-refractivity contribution in [2.24, 2.45) is 5.92 Å². The Morgan fingerprint density at radius 1 is 1.22 bits per heavy atom. The largest absolute Gasteiger partial charge is 0.375 e. The highest BCUT2D eigenvalue weighted by Crippen LogP contribution is 2.33. The summed E-state index contributed by atoms with van der Waals surface area (Å²) in [7, 11) is 2.15. The third-order valence-electron chi connectivity index (χ3n) is 4.93. The van der Waals surface area contributed by atoms with Gasteiger partial charge in [0.15, 0.2) is 0 Å². The van der Waals surface area contributed by atoms with E-state index in [-0.39, 0.29) is 6.04 Å². The standard InChI is InChI=1S/C18H24N4O/c1-21-10-9-16-18(19-20-22(16)11-14-7-8-14)17(21)13-23-12-15-5-3-2-4-6-15/h2-6,14,17H,7-13H2,1H3. The molecule has 0 bridgehead atoms. The van der Waals surface area contributed by atoms with Gasteiger partial charge >= 0.3 is 0 Å². The molecule has 0 spiro atoms. The van der Waals surface area contributed by atoms with Crippen LogP contribution in [0.4, 0.5) is 0 Å². The second-order valence-corrected chi connectivity index (χ2v) is 6.79. The lowest BCUT2D eigenvalue weighted by Gasteiger charge is -2.31. The quantitative estimate of drug-likeness (QED) is 0.822. The topological polar surface area (TPSA) is 43.2 Å². The van der Waals surface area contributed by atoms with Crippen molar-refractivity contribution in [3.05, 3.63) is 47.3 Å². The highest BCUT2D eigenvalue weighted by Gasteiger charge is 2.32. The van der Waals surface area contributed by atoms with Crippen LogP contribution >= 0.6 is 0 Å². The summed E-state index contributed by atoms with van der Waals surface area (Å²) in [5, 5.41) is 8.90. The molecule has 1 atom stereocenters. The zero-order chi connectivity index (χ0) is 15.6. The Labute approximate surface area is 137 Å². The SMILES string of the molecule is CN1CCc2c(nnn2CC2CC2)C1COCc1ccccc1. The van der Waals surface area contributed by atoms with Crippen LogP contribution in [0, 0.1) is 5.92 Å². The fraction of sp³-hybridized carbons (Fsp3) is 0.556. The Kier molecular flexibility index (Phi) is 4.14. The Bertz CT molecular complexity index is 650. The molecule has 1 unspecified atom stereocenters. The van der Waals surface area contributed by atoms with E-state index in [4.69, 9.17) is 4.74 Å². The molecule has 23 heavy (non-hydrogen) atoms.